The number of benzene rings is 2. The maximum atomic E-state index is 12.4. The van der Waals surface area contributed by atoms with Crippen LogP contribution in [-0.2, 0) is 11.3 Å². The molecule has 0 unspecified atom stereocenters. The summed E-state index contributed by atoms with van der Waals surface area (Å²) in [6.45, 7) is 11.2. The average Bonchev–Trinajstić information content (AvgIpc) is 3.26. The first-order valence-electron chi connectivity index (χ1n) is 10.9. The highest BCUT2D eigenvalue weighted by atomic mass is 16.6. The van der Waals surface area contributed by atoms with Crippen LogP contribution < -0.4 is 4.74 Å². The molecule has 1 amide bonds. The molecule has 2 aromatic carbocycles. The minimum absolute atomic E-state index is 0.108. The topological polar surface area (TPSA) is 77.7 Å². The summed E-state index contributed by atoms with van der Waals surface area (Å²) in [6, 6.07) is 15.4. The summed E-state index contributed by atoms with van der Waals surface area (Å²) in [5.41, 5.74) is 3.05. The van der Waals surface area contributed by atoms with Crippen molar-refractivity contribution >= 4 is 6.09 Å². The van der Waals surface area contributed by atoms with Gasteiger partial charge >= 0.3 is 6.09 Å². The first-order valence-corrected chi connectivity index (χ1v) is 10.9. The van der Waals surface area contributed by atoms with E-state index in [-0.39, 0.29) is 18.7 Å². The predicted octanol–water partition coefficient (Wildman–Crippen LogP) is 5.80. The highest BCUT2D eigenvalue weighted by molar-refractivity contribution is 5.68. The van der Waals surface area contributed by atoms with Crippen molar-refractivity contribution in [2.75, 3.05) is 13.2 Å². The molecule has 0 fully saturated rings. The van der Waals surface area contributed by atoms with Crippen LogP contribution in [0.15, 0.2) is 53.1 Å². The molecule has 0 radical (unpaired) electrons. The number of carbonyl (C=O) groups is 1. The van der Waals surface area contributed by atoms with Gasteiger partial charge in [-0.25, -0.2) is 4.79 Å². The molecule has 3 aromatic rings. The Bertz CT molecular complexity index is 997. The molecule has 0 spiro atoms. The zero-order chi connectivity index (χ0) is 23.1. The second kappa shape index (κ2) is 10.8. The van der Waals surface area contributed by atoms with Crippen LogP contribution in [0.1, 0.15) is 50.7 Å². The molecule has 0 bridgehead atoms. The Morgan fingerprint density at radius 3 is 2.38 bits per heavy atom. The summed E-state index contributed by atoms with van der Waals surface area (Å²) < 4.78 is 16.5. The van der Waals surface area contributed by atoms with Gasteiger partial charge in [-0.15, -0.1) is 0 Å². The maximum Gasteiger partial charge on any atom is 0.410 e. The molecule has 0 aliphatic carbocycles. The number of aryl methyl sites for hydroxylation is 1. The first-order chi connectivity index (χ1) is 15.4. The van der Waals surface area contributed by atoms with Crippen molar-refractivity contribution in [3.63, 3.8) is 0 Å². The van der Waals surface area contributed by atoms with Gasteiger partial charge < -0.3 is 18.9 Å². The molecule has 1 atom stereocenters. The number of ether oxygens (including phenoxy) is 2. The molecule has 7 nitrogen and oxygen atoms in total. The number of rotatable bonds is 9. The van der Waals surface area contributed by atoms with Crippen LogP contribution in [0, 0.1) is 12.8 Å². The van der Waals surface area contributed by atoms with E-state index in [2.05, 4.69) is 10.1 Å². The Morgan fingerprint density at radius 1 is 1.06 bits per heavy atom. The molecule has 170 valence electrons. The average molecular weight is 438 g/mol. The Hall–Kier alpha value is -3.35. The number of aromatic nitrogens is 2. The number of carbonyl (C=O) groups excluding carboxylic acids is 1. The van der Waals surface area contributed by atoms with Gasteiger partial charge in [-0.1, -0.05) is 48.8 Å². The van der Waals surface area contributed by atoms with Gasteiger partial charge in [-0.05, 0) is 56.5 Å². The van der Waals surface area contributed by atoms with Crippen molar-refractivity contribution in [3.05, 3.63) is 65.5 Å². The quantitative estimate of drug-likeness (QED) is 0.421. The van der Waals surface area contributed by atoms with Gasteiger partial charge in [-0.2, -0.15) is 4.98 Å². The van der Waals surface area contributed by atoms with Crippen LogP contribution in [0.4, 0.5) is 4.79 Å². The van der Waals surface area contributed by atoms with Crippen molar-refractivity contribution in [2.45, 2.75) is 47.3 Å². The van der Waals surface area contributed by atoms with Crippen molar-refractivity contribution in [1.29, 1.82) is 0 Å². The summed E-state index contributed by atoms with van der Waals surface area (Å²) in [5.74, 6) is 1.93. The minimum Gasteiger partial charge on any atom is -0.485 e. The third kappa shape index (κ3) is 6.09. The number of hydrogen-bond acceptors (Lipinski definition) is 6. The summed E-state index contributed by atoms with van der Waals surface area (Å²) in [6.07, 6.45) is -0.296. The van der Waals surface area contributed by atoms with E-state index >= 15 is 0 Å². The maximum absolute atomic E-state index is 12.4. The van der Waals surface area contributed by atoms with E-state index in [0.29, 0.717) is 36.5 Å². The lowest BCUT2D eigenvalue weighted by atomic mass is 10.1. The molecule has 3 rings (SSSR count). The molecule has 0 aliphatic rings. The highest BCUT2D eigenvalue weighted by Gasteiger charge is 2.21. The van der Waals surface area contributed by atoms with E-state index in [1.54, 1.807) is 4.90 Å². The second-order valence-corrected chi connectivity index (χ2v) is 8.17. The predicted molar refractivity (Wildman–Crippen MR) is 122 cm³/mol. The zero-order valence-electron chi connectivity index (χ0n) is 19.4. The van der Waals surface area contributed by atoms with E-state index in [4.69, 9.17) is 14.0 Å². The molecule has 32 heavy (non-hydrogen) atoms. The van der Waals surface area contributed by atoms with Gasteiger partial charge in [0.2, 0.25) is 5.82 Å². The zero-order valence-corrected chi connectivity index (χ0v) is 19.4. The SMILES string of the molecule is CCN(C(=O)OCC(C)C)[C@@H](C)c1ccc(OCc2noc(-c3ccc(C)cc3)n2)cc1. The number of hydrogen-bond donors (Lipinski definition) is 0. The van der Waals surface area contributed by atoms with Crippen LogP contribution in [0.2, 0.25) is 0 Å². The van der Waals surface area contributed by atoms with Gasteiger partial charge in [0.15, 0.2) is 6.61 Å². The van der Waals surface area contributed by atoms with Crippen LogP contribution in [0.3, 0.4) is 0 Å². The summed E-state index contributed by atoms with van der Waals surface area (Å²) in [7, 11) is 0. The monoisotopic (exact) mass is 437 g/mol. The Labute approximate surface area is 189 Å². The standard InChI is InChI=1S/C25H31N3O4/c1-6-28(25(29)31-15-17(2)3)19(5)20-11-13-22(14-12-20)30-16-23-26-24(32-27-23)21-9-7-18(4)8-10-21/h7-14,17,19H,6,15-16H2,1-5H3/t19-/m0/s1. The van der Waals surface area contributed by atoms with Crippen LogP contribution in [0.25, 0.3) is 11.5 Å². The molecule has 1 heterocycles. The molecule has 0 saturated heterocycles. The van der Waals surface area contributed by atoms with E-state index < -0.39 is 0 Å². The Morgan fingerprint density at radius 2 is 1.75 bits per heavy atom. The number of nitrogens with zero attached hydrogens (tertiary/aromatic N) is 3. The lowest BCUT2D eigenvalue weighted by Gasteiger charge is -2.28. The third-order valence-corrected chi connectivity index (χ3v) is 5.08. The Balaban J connectivity index is 1.57. The minimum atomic E-state index is -0.296. The molecule has 0 N–H and O–H groups in total. The summed E-state index contributed by atoms with van der Waals surface area (Å²) >= 11 is 0. The van der Waals surface area contributed by atoms with Crippen molar-refractivity contribution in [1.82, 2.24) is 15.0 Å². The van der Waals surface area contributed by atoms with Crippen LogP contribution >= 0.6 is 0 Å². The first kappa shape index (κ1) is 23.3. The molecular formula is C25H31N3O4. The second-order valence-electron chi connectivity index (χ2n) is 8.17. The summed E-state index contributed by atoms with van der Waals surface area (Å²) in [5, 5.41) is 3.99. The van der Waals surface area contributed by atoms with Crippen molar-refractivity contribution in [2.24, 2.45) is 5.92 Å². The Kier molecular flexibility index (Phi) is 7.87. The van der Waals surface area contributed by atoms with Gasteiger partial charge in [0.1, 0.15) is 5.75 Å². The van der Waals surface area contributed by atoms with E-state index in [0.717, 1.165) is 11.1 Å². The molecule has 0 aliphatic heterocycles. The van der Waals surface area contributed by atoms with Crippen LogP contribution in [0.5, 0.6) is 5.75 Å². The molecule has 7 heteroatoms. The van der Waals surface area contributed by atoms with Crippen molar-refractivity contribution in [3.8, 4) is 17.2 Å². The van der Waals surface area contributed by atoms with Crippen LogP contribution in [-0.4, -0.2) is 34.3 Å². The normalized spacial score (nSPS) is 11.9. The summed E-state index contributed by atoms with van der Waals surface area (Å²) in [4.78, 5) is 18.5. The van der Waals surface area contributed by atoms with Gasteiger partial charge in [0, 0.05) is 12.1 Å². The lowest BCUT2D eigenvalue weighted by Crippen LogP contribution is -2.34. The smallest absolute Gasteiger partial charge is 0.410 e. The number of amides is 1. The fraction of sp³-hybridized carbons (Fsp3) is 0.400. The van der Waals surface area contributed by atoms with E-state index in [1.807, 2.05) is 83.1 Å². The van der Waals surface area contributed by atoms with Gasteiger partial charge in [0.25, 0.3) is 5.89 Å². The molecule has 0 saturated carbocycles. The molecular weight excluding hydrogens is 406 g/mol. The third-order valence-electron chi connectivity index (χ3n) is 5.08. The van der Waals surface area contributed by atoms with Crippen molar-refractivity contribution < 1.29 is 18.8 Å². The lowest BCUT2D eigenvalue weighted by molar-refractivity contribution is 0.0816. The fourth-order valence-corrected chi connectivity index (χ4v) is 3.18. The largest absolute Gasteiger partial charge is 0.485 e. The van der Waals surface area contributed by atoms with E-state index in [1.165, 1.54) is 5.56 Å². The molecule has 1 aromatic heterocycles. The fourth-order valence-electron chi connectivity index (χ4n) is 3.18. The van der Waals surface area contributed by atoms with E-state index in [9.17, 15) is 4.79 Å². The van der Waals surface area contributed by atoms with Gasteiger partial charge in [-0.3, -0.25) is 0 Å². The van der Waals surface area contributed by atoms with Gasteiger partial charge in [0.05, 0.1) is 12.6 Å². The highest BCUT2D eigenvalue weighted by Crippen LogP contribution is 2.24.